The molecule has 0 bridgehead atoms. The van der Waals surface area contributed by atoms with E-state index in [1.165, 1.54) is 0 Å². The van der Waals surface area contributed by atoms with Crippen molar-refractivity contribution in [2.75, 3.05) is 12.4 Å². The molecular formula is C24H18ClN3O2. The average molecular weight is 416 g/mol. The highest BCUT2D eigenvalue weighted by atomic mass is 35.5. The standard InChI is InChI=1S/C24H18ClN3O2/c1-26-14-9-7-13-8-10-18(25)20(16(13)11-14)22-21(23(29)27-24(22)30)17-12-28(2)19-6-4-3-5-15(17)19/h3-12,26H,1-2H3,(H,27,29,30). The zero-order valence-corrected chi connectivity index (χ0v) is 17.2. The molecule has 0 spiro atoms. The molecule has 1 aromatic heterocycles. The van der Waals surface area contributed by atoms with Crippen LogP contribution in [-0.4, -0.2) is 23.4 Å². The highest BCUT2D eigenvalue weighted by molar-refractivity contribution is 6.52. The molecule has 0 saturated heterocycles. The predicted octanol–water partition coefficient (Wildman–Crippen LogP) is 4.59. The molecule has 148 valence electrons. The van der Waals surface area contributed by atoms with E-state index in [0.717, 1.165) is 27.4 Å². The second kappa shape index (κ2) is 6.75. The summed E-state index contributed by atoms with van der Waals surface area (Å²) < 4.78 is 1.95. The molecule has 0 unspecified atom stereocenters. The minimum absolute atomic E-state index is 0.306. The van der Waals surface area contributed by atoms with Crippen LogP contribution in [0.4, 0.5) is 5.69 Å². The predicted molar refractivity (Wildman–Crippen MR) is 121 cm³/mol. The number of nitrogens with one attached hydrogen (secondary N) is 2. The number of anilines is 1. The Balaban J connectivity index is 1.90. The highest BCUT2D eigenvalue weighted by Gasteiger charge is 2.35. The van der Waals surface area contributed by atoms with Crippen LogP contribution in [0, 0.1) is 0 Å². The summed E-state index contributed by atoms with van der Waals surface area (Å²) in [5.41, 5.74) is 3.80. The molecule has 1 aliphatic rings. The molecule has 1 aliphatic heterocycles. The van der Waals surface area contributed by atoms with Crippen molar-refractivity contribution in [2.45, 2.75) is 0 Å². The van der Waals surface area contributed by atoms with Crippen molar-refractivity contribution >= 4 is 61.9 Å². The summed E-state index contributed by atoms with van der Waals surface area (Å²) in [5.74, 6) is -0.851. The molecule has 0 radical (unpaired) electrons. The molecule has 0 saturated carbocycles. The van der Waals surface area contributed by atoms with Crippen LogP contribution < -0.4 is 10.6 Å². The molecule has 5 nitrogen and oxygen atoms in total. The first-order valence-corrected chi connectivity index (χ1v) is 9.92. The number of rotatable bonds is 3. The number of nitrogens with zero attached hydrogens (tertiary/aromatic N) is 1. The topological polar surface area (TPSA) is 63.1 Å². The summed E-state index contributed by atoms with van der Waals surface area (Å²) in [5, 5.41) is 8.67. The molecular weight excluding hydrogens is 398 g/mol. The Kier molecular flexibility index (Phi) is 4.15. The van der Waals surface area contributed by atoms with Crippen molar-refractivity contribution in [1.82, 2.24) is 9.88 Å². The van der Waals surface area contributed by atoms with Gasteiger partial charge in [0, 0.05) is 53.0 Å². The number of aryl methyl sites for hydroxylation is 1. The second-order valence-corrected chi connectivity index (χ2v) is 7.72. The van der Waals surface area contributed by atoms with Gasteiger partial charge in [0.15, 0.2) is 0 Å². The highest BCUT2D eigenvalue weighted by Crippen LogP contribution is 2.41. The normalized spacial score (nSPS) is 14.1. The lowest BCUT2D eigenvalue weighted by Crippen LogP contribution is -2.22. The Bertz CT molecular complexity index is 1420. The zero-order valence-electron chi connectivity index (χ0n) is 16.4. The number of carbonyl (C=O) groups is 2. The third-order valence-electron chi connectivity index (χ3n) is 5.61. The summed E-state index contributed by atoms with van der Waals surface area (Å²) in [6, 6.07) is 17.4. The minimum atomic E-state index is -0.438. The van der Waals surface area contributed by atoms with Gasteiger partial charge in [0.1, 0.15) is 0 Å². The molecule has 3 aromatic carbocycles. The van der Waals surface area contributed by atoms with Crippen LogP contribution in [0.2, 0.25) is 5.02 Å². The maximum atomic E-state index is 13.0. The summed E-state index contributed by atoms with van der Waals surface area (Å²) in [4.78, 5) is 25.9. The summed E-state index contributed by atoms with van der Waals surface area (Å²) in [7, 11) is 3.75. The van der Waals surface area contributed by atoms with Crippen LogP contribution in [-0.2, 0) is 16.6 Å². The van der Waals surface area contributed by atoms with Gasteiger partial charge >= 0.3 is 0 Å². The fraction of sp³-hybridized carbons (Fsp3) is 0.0833. The number of amides is 2. The Morgan fingerprint density at radius 3 is 2.47 bits per heavy atom. The van der Waals surface area contributed by atoms with Crippen LogP contribution >= 0.6 is 11.6 Å². The van der Waals surface area contributed by atoms with Crippen LogP contribution in [0.3, 0.4) is 0 Å². The lowest BCUT2D eigenvalue weighted by Gasteiger charge is -2.12. The van der Waals surface area contributed by atoms with Crippen molar-refractivity contribution in [1.29, 1.82) is 0 Å². The number of halogens is 1. The number of hydrogen-bond acceptors (Lipinski definition) is 3. The smallest absolute Gasteiger partial charge is 0.259 e. The molecule has 2 heterocycles. The van der Waals surface area contributed by atoms with Crippen LogP contribution in [0.1, 0.15) is 11.1 Å². The summed E-state index contributed by atoms with van der Waals surface area (Å²) in [6.45, 7) is 0. The van der Waals surface area contributed by atoms with E-state index in [-0.39, 0.29) is 0 Å². The third kappa shape index (κ3) is 2.63. The number of aromatic nitrogens is 1. The molecule has 4 aromatic rings. The fourth-order valence-electron chi connectivity index (χ4n) is 4.19. The van der Waals surface area contributed by atoms with Gasteiger partial charge in [-0.05, 0) is 35.0 Å². The Morgan fingerprint density at radius 2 is 1.67 bits per heavy atom. The third-order valence-corrected chi connectivity index (χ3v) is 5.92. The lowest BCUT2D eigenvalue weighted by molar-refractivity contribution is -0.122. The fourth-order valence-corrected chi connectivity index (χ4v) is 4.45. The van der Waals surface area contributed by atoms with Crippen LogP contribution in [0.15, 0.2) is 60.8 Å². The SMILES string of the molecule is CNc1ccc2ccc(Cl)c(C3=C(c4cn(C)c5ccccc45)C(=O)NC3=O)c2c1. The maximum Gasteiger partial charge on any atom is 0.259 e. The van der Waals surface area contributed by atoms with Crippen molar-refractivity contribution < 1.29 is 9.59 Å². The lowest BCUT2D eigenvalue weighted by atomic mass is 9.92. The summed E-state index contributed by atoms with van der Waals surface area (Å²) >= 11 is 6.62. The Morgan fingerprint density at radius 1 is 0.933 bits per heavy atom. The van der Waals surface area contributed by atoms with E-state index in [2.05, 4.69) is 10.6 Å². The van der Waals surface area contributed by atoms with Gasteiger partial charge in [0.05, 0.1) is 11.1 Å². The van der Waals surface area contributed by atoms with Gasteiger partial charge in [-0.2, -0.15) is 0 Å². The molecule has 0 atom stereocenters. The van der Waals surface area contributed by atoms with Crippen LogP contribution in [0.25, 0.3) is 32.8 Å². The number of para-hydroxylation sites is 1. The van der Waals surface area contributed by atoms with Gasteiger partial charge < -0.3 is 9.88 Å². The Hall–Kier alpha value is -3.57. The van der Waals surface area contributed by atoms with Crippen molar-refractivity contribution in [3.8, 4) is 0 Å². The van der Waals surface area contributed by atoms with Gasteiger partial charge in [0.2, 0.25) is 0 Å². The number of imide groups is 1. The van der Waals surface area contributed by atoms with E-state index in [9.17, 15) is 9.59 Å². The zero-order chi connectivity index (χ0) is 21.0. The second-order valence-electron chi connectivity index (χ2n) is 7.31. The molecule has 2 amide bonds. The molecule has 30 heavy (non-hydrogen) atoms. The first-order chi connectivity index (χ1) is 14.5. The van der Waals surface area contributed by atoms with Crippen molar-refractivity contribution in [3.05, 3.63) is 76.9 Å². The van der Waals surface area contributed by atoms with Gasteiger partial charge in [0.25, 0.3) is 11.8 Å². The number of benzene rings is 3. The first-order valence-electron chi connectivity index (χ1n) is 9.54. The number of fused-ring (bicyclic) bond motifs is 2. The molecule has 0 aliphatic carbocycles. The maximum absolute atomic E-state index is 13.0. The quantitative estimate of drug-likeness (QED) is 0.481. The van der Waals surface area contributed by atoms with Gasteiger partial charge in [-0.25, -0.2) is 0 Å². The van der Waals surface area contributed by atoms with Gasteiger partial charge in [-0.1, -0.05) is 41.9 Å². The number of hydrogen-bond donors (Lipinski definition) is 2. The number of carbonyl (C=O) groups excluding carboxylic acids is 2. The summed E-state index contributed by atoms with van der Waals surface area (Å²) in [6.07, 6.45) is 1.89. The first kappa shape index (κ1) is 18.5. The molecule has 0 fully saturated rings. The van der Waals surface area contributed by atoms with E-state index < -0.39 is 11.8 Å². The van der Waals surface area contributed by atoms with E-state index in [1.807, 2.05) is 73.4 Å². The average Bonchev–Trinajstić information content (AvgIpc) is 3.23. The minimum Gasteiger partial charge on any atom is -0.388 e. The largest absolute Gasteiger partial charge is 0.388 e. The molecule has 2 N–H and O–H groups in total. The van der Waals surface area contributed by atoms with E-state index in [4.69, 9.17) is 11.6 Å². The van der Waals surface area contributed by atoms with Crippen molar-refractivity contribution in [3.63, 3.8) is 0 Å². The monoisotopic (exact) mass is 415 g/mol. The van der Waals surface area contributed by atoms with Gasteiger partial charge in [-0.3, -0.25) is 14.9 Å². The Labute approximate surface area is 177 Å². The van der Waals surface area contributed by atoms with E-state index in [0.29, 0.717) is 27.3 Å². The molecule has 6 heteroatoms. The van der Waals surface area contributed by atoms with E-state index in [1.54, 1.807) is 6.07 Å². The van der Waals surface area contributed by atoms with Gasteiger partial charge in [-0.15, -0.1) is 0 Å². The van der Waals surface area contributed by atoms with Crippen LogP contribution in [0.5, 0.6) is 0 Å². The van der Waals surface area contributed by atoms with E-state index >= 15 is 0 Å². The molecule has 5 rings (SSSR count). The van der Waals surface area contributed by atoms with Crippen molar-refractivity contribution in [2.24, 2.45) is 7.05 Å².